The van der Waals surface area contributed by atoms with E-state index >= 15 is 0 Å². The maximum atomic E-state index is 10.1. The zero-order valence-corrected chi connectivity index (χ0v) is 17.9. The summed E-state index contributed by atoms with van der Waals surface area (Å²) < 4.78 is 5.93. The molecule has 1 heterocycles. The third-order valence-electron chi connectivity index (χ3n) is 6.36. The summed E-state index contributed by atoms with van der Waals surface area (Å²) >= 11 is 0. The van der Waals surface area contributed by atoms with Gasteiger partial charge in [-0.25, -0.2) is 0 Å². The Balaban J connectivity index is 1.68. The van der Waals surface area contributed by atoms with Crippen molar-refractivity contribution in [3.05, 3.63) is 89.0 Å². The lowest BCUT2D eigenvalue weighted by Gasteiger charge is -2.31. The lowest BCUT2D eigenvalue weighted by atomic mass is 9.79. The molecule has 0 amide bonds. The van der Waals surface area contributed by atoms with Crippen LogP contribution in [0.2, 0.25) is 0 Å². The molecule has 5 rings (SSSR count). The Kier molecular flexibility index (Phi) is 5.39. The smallest absolute Gasteiger partial charge is 0.128 e. The van der Waals surface area contributed by atoms with Gasteiger partial charge in [0.1, 0.15) is 11.5 Å². The molecule has 158 valence electrons. The highest BCUT2D eigenvalue weighted by Gasteiger charge is 2.24. The van der Waals surface area contributed by atoms with Crippen LogP contribution in [-0.4, -0.2) is 38.4 Å². The van der Waals surface area contributed by atoms with Crippen molar-refractivity contribution in [1.82, 2.24) is 5.32 Å². The number of benzene rings is 3. The van der Waals surface area contributed by atoms with Crippen molar-refractivity contribution >= 4 is 16.8 Å². The lowest BCUT2D eigenvalue weighted by molar-refractivity contribution is 0.413. The molecule has 0 radical (unpaired) electrons. The number of anilines is 1. The van der Waals surface area contributed by atoms with Crippen LogP contribution in [0.1, 0.15) is 28.7 Å². The molecular formula is C27H28N2O2. The fourth-order valence-corrected chi connectivity index (χ4v) is 4.82. The van der Waals surface area contributed by atoms with Crippen LogP contribution in [0.3, 0.4) is 0 Å². The standard InChI is InChI=1S/C27H28N2O2/c1-31-26-18-21(29-15-13-28-14-16-29)8-11-25(26)27-23(19-5-3-2-4-6-19)10-7-20-17-22(30)9-12-24(20)27/h2-6,8-9,11-12,17-18,28,30H,7,10,13-16H2,1H3. The van der Waals surface area contributed by atoms with Crippen LogP contribution in [0.5, 0.6) is 11.5 Å². The molecule has 0 unspecified atom stereocenters. The molecule has 31 heavy (non-hydrogen) atoms. The summed E-state index contributed by atoms with van der Waals surface area (Å²) in [6.45, 7) is 4.01. The van der Waals surface area contributed by atoms with Crippen molar-refractivity contribution in [1.29, 1.82) is 0 Å². The third kappa shape index (κ3) is 3.79. The highest BCUT2D eigenvalue weighted by molar-refractivity contribution is 6.02. The van der Waals surface area contributed by atoms with Gasteiger partial charge < -0.3 is 20.1 Å². The number of nitrogens with zero attached hydrogens (tertiary/aromatic N) is 1. The van der Waals surface area contributed by atoms with Gasteiger partial charge in [0, 0.05) is 43.5 Å². The fourth-order valence-electron chi connectivity index (χ4n) is 4.82. The largest absolute Gasteiger partial charge is 0.508 e. The maximum absolute atomic E-state index is 10.1. The third-order valence-corrected chi connectivity index (χ3v) is 6.36. The van der Waals surface area contributed by atoms with Crippen molar-refractivity contribution in [2.45, 2.75) is 12.8 Å². The van der Waals surface area contributed by atoms with E-state index in [4.69, 9.17) is 4.74 Å². The molecule has 0 bridgehead atoms. The minimum absolute atomic E-state index is 0.322. The first-order chi connectivity index (χ1) is 15.2. The number of ether oxygens (including phenoxy) is 1. The average Bonchev–Trinajstić information content (AvgIpc) is 2.84. The van der Waals surface area contributed by atoms with E-state index in [1.807, 2.05) is 12.1 Å². The van der Waals surface area contributed by atoms with Crippen molar-refractivity contribution in [2.75, 3.05) is 38.2 Å². The summed E-state index contributed by atoms with van der Waals surface area (Å²) in [6, 6.07) is 22.9. The number of aromatic hydroxyl groups is 1. The Bertz CT molecular complexity index is 1120. The van der Waals surface area contributed by atoms with E-state index in [0.717, 1.165) is 50.3 Å². The topological polar surface area (TPSA) is 44.7 Å². The van der Waals surface area contributed by atoms with E-state index < -0.39 is 0 Å². The Hall–Kier alpha value is -3.24. The summed E-state index contributed by atoms with van der Waals surface area (Å²) in [7, 11) is 1.75. The van der Waals surface area contributed by atoms with Crippen LogP contribution in [0.4, 0.5) is 5.69 Å². The minimum atomic E-state index is 0.322. The number of hydrogen-bond donors (Lipinski definition) is 2. The van der Waals surface area contributed by atoms with E-state index in [-0.39, 0.29) is 0 Å². The molecule has 0 saturated carbocycles. The predicted octanol–water partition coefficient (Wildman–Crippen LogP) is 4.72. The molecule has 1 saturated heterocycles. The van der Waals surface area contributed by atoms with E-state index in [1.165, 1.54) is 33.5 Å². The molecule has 0 aromatic heterocycles. The molecule has 3 aromatic rings. The summed E-state index contributed by atoms with van der Waals surface area (Å²) in [4.78, 5) is 2.40. The summed E-state index contributed by atoms with van der Waals surface area (Å²) in [6.07, 6.45) is 1.84. The molecule has 0 spiro atoms. The number of piperazine rings is 1. The second kappa shape index (κ2) is 8.48. The van der Waals surface area contributed by atoms with Gasteiger partial charge >= 0.3 is 0 Å². The zero-order chi connectivity index (χ0) is 21.2. The number of phenolic OH excluding ortho intramolecular Hbond substituents is 1. The molecule has 3 aromatic carbocycles. The van der Waals surface area contributed by atoms with Crippen molar-refractivity contribution in [2.24, 2.45) is 0 Å². The van der Waals surface area contributed by atoms with E-state index in [0.29, 0.717) is 5.75 Å². The van der Waals surface area contributed by atoms with Crippen LogP contribution >= 0.6 is 0 Å². The second-order valence-corrected chi connectivity index (χ2v) is 8.18. The average molecular weight is 413 g/mol. The van der Waals surface area contributed by atoms with E-state index in [9.17, 15) is 5.11 Å². The molecule has 2 N–H and O–H groups in total. The number of allylic oxidation sites excluding steroid dienone is 1. The first-order valence-electron chi connectivity index (χ1n) is 11.0. The molecule has 4 nitrogen and oxygen atoms in total. The van der Waals surface area contributed by atoms with Gasteiger partial charge in [-0.2, -0.15) is 0 Å². The number of hydrogen-bond acceptors (Lipinski definition) is 4. The number of phenols is 1. The van der Waals surface area contributed by atoms with Crippen LogP contribution in [0, 0.1) is 0 Å². The number of nitrogens with one attached hydrogen (secondary N) is 1. The normalized spacial score (nSPS) is 16.2. The van der Waals surface area contributed by atoms with Gasteiger partial charge in [0.25, 0.3) is 0 Å². The van der Waals surface area contributed by atoms with Crippen molar-refractivity contribution in [3.8, 4) is 11.5 Å². The second-order valence-electron chi connectivity index (χ2n) is 8.18. The quantitative estimate of drug-likeness (QED) is 0.651. The first kappa shape index (κ1) is 19.7. The molecule has 0 atom stereocenters. The number of aryl methyl sites for hydroxylation is 1. The summed E-state index contributed by atoms with van der Waals surface area (Å²) in [5, 5.41) is 13.5. The highest BCUT2D eigenvalue weighted by atomic mass is 16.5. The van der Waals surface area contributed by atoms with Gasteiger partial charge in [0.05, 0.1) is 7.11 Å². The van der Waals surface area contributed by atoms with Crippen molar-refractivity contribution < 1.29 is 9.84 Å². The van der Waals surface area contributed by atoms with Gasteiger partial charge in [-0.15, -0.1) is 0 Å². The van der Waals surface area contributed by atoms with Crippen LogP contribution in [0.15, 0.2) is 66.7 Å². The Morgan fingerprint density at radius 1 is 0.871 bits per heavy atom. The lowest BCUT2D eigenvalue weighted by Crippen LogP contribution is -2.43. The molecule has 1 fully saturated rings. The maximum Gasteiger partial charge on any atom is 0.128 e. The summed E-state index contributed by atoms with van der Waals surface area (Å²) in [5.41, 5.74) is 8.43. The van der Waals surface area contributed by atoms with Gasteiger partial charge in [-0.05, 0) is 64.9 Å². The SMILES string of the molecule is COc1cc(N2CCNCC2)ccc1C1=C(c2ccccc2)CCc2cc(O)ccc21. The van der Waals surface area contributed by atoms with Crippen molar-refractivity contribution in [3.63, 3.8) is 0 Å². The Labute approximate surface area is 183 Å². The first-order valence-corrected chi connectivity index (χ1v) is 11.0. The zero-order valence-electron chi connectivity index (χ0n) is 17.9. The molecule has 2 aliphatic rings. The molecule has 4 heteroatoms. The monoisotopic (exact) mass is 412 g/mol. The number of rotatable bonds is 4. The van der Waals surface area contributed by atoms with Gasteiger partial charge in [0.15, 0.2) is 0 Å². The molecular weight excluding hydrogens is 384 g/mol. The van der Waals surface area contributed by atoms with Gasteiger partial charge in [0.2, 0.25) is 0 Å². The predicted molar refractivity (Wildman–Crippen MR) is 127 cm³/mol. The van der Waals surface area contributed by atoms with Gasteiger partial charge in [-0.3, -0.25) is 0 Å². The fraction of sp³-hybridized carbons (Fsp3) is 0.259. The highest BCUT2D eigenvalue weighted by Crippen LogP contribution is 2.45. The summed E-state index contributed by atoms with van der Waals surface area (Å²) in [5.74, 6) is 1.21. The van der Waals surface area contributed by atoms with Crippen LogP contribution < -0.4 is 15.0 Å². The minimum Gasteiger partial charge on any atom is -0.508 e. The van der Waals surface area contributed by atoms with Gasteiger partial charge in [-0.1, -0.05) is 36.4 Å². The molecule has 1 aliphatic heterocycles. The van der Waals surface area contributed by atoms with Crippen LogP contribution in [0.25, 0.3) is 11.1 Å². The van der Waals surface area contributed by atoms with Crippen LogP contribution in [-0.2, 0) is 6.42 Å². The molecule has 1 aliphatic carbocycles. The number of methoxy groups -OCH3 is 1. The number of fused-ring (bicyclic) bond motifs is 1. The Morgan fingerprint density at radius 2 is 1.65 bits per heavy atom. The Morgan fingerprint density at radius 3 is 2.42 bits per heavy atom. The van der Waals surface area contributed by atoms with E-state index in [2.05, 4.69) is 58.7 Å². The van der Waals surface area contributed by atoms with E-state index in [1.54, 1.807) is 13.2 Å².